The van der Waals surface area contributed by atoms with E-state index < -0.39 is 17.0 Å². The predicted octanol–water partition coefficient (Wildman–Crippen LogP) is 3.54. The molecule has 2 fully saturated rings. The van der Waals surface area contributed by atoms with E-state index in [1.807, 2.05) is 0 Å². The maximum atomic E-state index is 14.4. The fourth-order valence-corrected chi connectivity index (χ4v) is 6.02. The third-order valence-corrected chi connectivity index (χ3v) is 7.88. The van der Waals surface area contributed by atoms with Crippen LogP contribution in [-0.2, 0) is 10.2 Å². The number of fused-ring (bicyclic) bond motifs is 5. The van der Waals surface area contributed by atoms with Crippen molar-refractivity contribution in [3.05, 3.63) is 70.9 Å². The van der Waals surface area contributed by atoms with Gasteiger partial charge in [-0.15, -0.1) is 5.10 Å². The van der Waals surface area contributed by atoms with Crippen LogP contribution in [0.2, 0.25) is 0 Å². The Balaban J connectivity index is 1.45. The van der Waals surface area contributed by atoms with Gasteiger partial charge in [-0.2, -0.15) is 5.10 Å². The first-order chi connectivity index (χ1) is 16.3. The van der Waals surface area contributed by atoms with Crippen LogP contribution in [0.4, 0.5) is 8.78 Å². The lowest BCUT2D eigenvalue weighted by Crippen LogP contribution is -2.49. The topological polar surface area (TPSA) is 89.9 Å². The van der Waals surface area contributed by atoms with Crippen molar-refractivity contribution in [1.82, 2.24) is 25.5 Å². The summed E-state index contributed by atoms with van der Waals surface area (Å²) in [5, 5.41) is 11.7. The largest absolute Gasteiger partial charge is 0.377 e. The van der Waals surface area contributed by atoms with Gasteiger partial charge in [0.05, 0.1) is 53.5 Å². The Morgan fingerprint density at radius 1 is 1.15 bits per heavy atom. The number of hydrogen-bond donors (Lipinski definition) is 1. The molecule has 1 aliphatic heterocycles. The smallest absolute Gasteiger partial charge is 0.271 e. The minimum Gasteiger partial charge on any atom is -0.377 e. The maximum Gasteiger partial charge on any atom is 0.271 e. The van der Waals surface area contributed by atoms with Gasteiger partial charge in [0, 0.05) is 6.20 Å². The number of rotatable bonds is 4. The molecule has 2 aliphatic carbocycles. The second-order valence-electron chi connectivity index (χ2n) is 9.85. The summed E-state index contributed by atoms with van der Waals surface area (Å²) in [5.74, 6) is -1.53. The minimum absolute atomic E-state index is 0.0151. The van der Waals surface area contributed by atoms with E-state index in [0.29, 0.717) is 18.9 Å². The molecule has 0 unspecified atom stereocenters. The summed E-state index contributed by atoms with van der Waals surface area (Å²) in [6.07, 6.45) is 4.78. The van der Waals surface area contributed by atoms with Crippen LogP contribution in [0, 0.1) is 17.0 Å². The molecule has 7 nitrogen and oxygen atoms in total. The second-order valence-corrected chi connectivity index (χ2v) is 9.85. The molecule has 1 N–H and O–H groups in total. The standard InChI is InChI=1S/C25H23F2N5O2/c1-24(2)15-6-7-25(24,20-10-28-9-19(30-20)23(33)29-13-11-34-12-13)22-14(15)8-18(31-32-22)21-16(26)4-3-5-17(21)27/h3-5,8-10,13,15H,6-7,11-12H2,1-2H3,(H,29,33)/t15-,25-/m1/s1. The number of carbonyl (C=O) groups is 1. The molecule has 2 aromatic heterocycles. The van der Waals surface area contributed by atoms with Gasteiger partial charge in [-0.1, -0.05) is 19.9 Å². The first kappa shape index (κ1) is 21.2. The van der Waals surface area contributed by atoms with Crippen LogP contribution < -0.4 is 5.32 Å². The van der Waals surface area contributed by atoms with E-state index in [2.05, 4.69) is 34.3 Å². The normalized spacial score (nSPS) is 24.5. The molecule has 1 amide bonds. The molecule has 1 aromatic carbocycles. The molecule has 3 aromatic rings. The van der Waals surface area contributed by atoms with E-state index in [4.69, 9.17) is 9.72 Å². The lowest BCUT2D eigenvalue weighted by molar-refractivity contribution is -0.00356. The average molecular weight is 463 g/mol. The first-order valence-electron chi connectivity index (χ1n) is 11.4. The van der Waals surface area contributed by atoms with Crippen LogP contribution in [0.1, 0.15) is 60.0 Å². The van der Waals surface area contributed by atoms with Gasteiger partial charge in [0.15, 0.2) is 0 Å². The zero-order valence-corrected chi connectivity index (χ0v) is 18.8. The summed E-state index contributed by atoms with van der Waals surface area (Å²) in [5.41, 5.74) is 1.66. The molecule has 6 rings (SSSR count). The molecular weight excluding hydrogens is 440 g/mol. The van der Waals surface area contributed by atoms with Crippen LogP contribution in [0.3, 0.4) is 0 Å². The van der Waals surface area contributed by atoms with Crippen molar-refractivity contribution in [3.8, 4) is 11.3 Å². The molecule has 3 heterocycles. The van der Waals surface area contributed by atoms with Crippen molar-refractivity contribution < 1.29 is 18.3 Å². The number of amides is 1. The predicted molar refractivity (Wildman–Crippen MR) is 118 cm³/mol. The van der Waals surface area contributed by atoms with Gasteiger partial charge >= 0.3 is 0 Å². The zero-order chi connectivity index (χ0) is 23.7. The second kappa shape index (κ2) is 7.33. The van der Waals surface area contributed by atoms with Crippen molar-refractivity contribution in [2.45, 2.75) is 44.1 Å². The van der Waals surface area contributed by atoms with Gasteiger partial charge in [-0.25, -0.2) is 13.8 Å². The molecule has 1 saturated heterocycles. The maximum absolute atomic E-state index is 14.4. The summed E-state index contributed by atoms with van der Waals surface area (Å²) in [7, 11) is 0. The summed E-state index contributed by atoms with van der Waals surface area (Å²) in [6.45, 7) is 5.28. The highest BCUT2D eigenvalue weighted by molar-refractivity contribution is 5.92. The average Bonchev–Trinajstić information content (AvgIpc) is 3.17. The van der Waals surface area contributed by atoms with Gasteiger partial charge in [-0.3, -0.25) is 9.78 Å². The molecule has 34 heavy (non-hydrogen) atoms. The van der Waals surface area contributed by atoms with Crippen molar-refractivity contribution in [3.63, 3.8) is 0 Å². The third-order valence-electron chi connectivity index (χ3n) is 7.88. The molecule has 0 radical (unpaired) electrons. The van der Waals surface area contributed by atoms with Crippen molar-refractivity contribution >= 4 is 5.91 Å². The minimum atomic E-state index is -0.673. The van der Waals surface area contributed by atoms with Gasteiger partial charge in [0.2, 0.25) is 0 Å². The highest BCUT2D eigenvalue weighted by Crippen LogP contribution is 2.69. The molecule has 0 spiro atoms. The quantitative estimate of drug-likeness (QED) is 0.637. The van der Waals surface area contributed by atoms with E-state index in [9.17, 15) is 13.6 Å². The lowest BCUT2D eigenvalue weighted by Gasteiger charge is -2.37. The summed E-state index contributed by atoms with van der Waals surface area (Å²) in [4.78, 5) is 21.8. The number of halogens is 2. The van der Waals surface area contributed by atoms with E-state index in [1.54, 1.807) is 12.3 Å². The molecule has 9 heteroatoms. The summed E-state index contributed by atoms with van der Waals surface area (Å²) >= 11 is 0. The van der Waals surface area contributed by atoms with Crippen molar-refractivity contribution in [2.75, 3.05) is 13.2 Å². The van der Waals surface area contributed by atoms with E-state index in [1.165, 1.54) is 24.4 Å². The van der Waals surface area contributed by atoms with E-state index in [0.717, 1.165) is 24.1 Å². The van der Waals surface area contributed by atoms with Crippen LogP contribution in [0.15, 0.2) is 36.7 Å². The molecule has 1 saturated carbocycles. The number of nitrogens with zero attached hydrogens (tertiary/aromatic N) is 4. The summed E-state index contributed by atoms with van der Waals surface area (Å²) < 4.78 is 34.0. The number of ether oxygens (including phenoxy) is 1. The van der Waals surface area contributed by atoms with Gasteiger partial charge in [0.1, 0.15) is 17.3 Å². The molecule has 3 aliphatic rings. The molecule has 2 atom stereocenters. The first-order valence-corrected chi connectivity index (χ1v) is 11.4. The number of benzene rings is 1. The van der Waals surface area contributed by atoms with Gasteiger partial charge in [-0.05, 0) is 47.9 Å². The van der Waals surface area contributed by atoms with Crippen molar-refractivity contribution in [2.24, 2.45) is 5.41 Å². The Labute approximate surface area is 195 Å². The fourth-order valence-electron chi connectivity index (χ4n) is 6.02. The number of nitrogens with one attached hydrogen (secondary N) is 1. The Morgan fingerprint density at radius 3 is 2.62 bits per heavy atom. The Hall–Kier alpha value is -3.33. The molecule has 174 valence electrons. The molecule has 2 bridgehead atoms. The molecular formula is C25H23F2N5O2. The van der Waals surface area contributed by atoms with Gasteiger partial charge < -0.3 is 10.1 Å². The fraction of sp³-hybridized carbons (Fsp3) is 0.400. The third kappa shape index (κ3) is 2.79. The Kier molecular flexibility index (Phi) is 4.58. The number of hydrogen-bond acceptors (Lipinski definition) is 6. The van der Waals surface area contributed by atoms with Crippen LogP contribution >= 0.6 is 0 Å². The van der Waals surface area contributed by atoms with E-state index in [-0.39, 0.29) is 40.2 Å². The zero-order valence-electron chi connectivity index (χ0n) is 18.8. The highest BCUT2D eigenvalue weighted by atomic mass is 19.1. The van der Waals surface area contributed by atoms with Crippen LogP contribution in [0.5, 0.6) is 0 Å². The van der Waals surface area contributed by atoms with Crippen molar-refractivity contribution in [1.29, 1.82) is 0 Å². The SMILES string of the molecule is CC1(C)[C@@H]2CC[C@@]1(c1cncc(C(=O)NC3COC3)n1)c1nnc(-c3c(F)cccc3F)cc12. The Morgan fingerprint density at radius 2 is 1.91 bits per heavy atom. The lowest BCUT2D eigenvalue weighted by atomic mass is 9.66. The number of carbonyl (C=O) groups excluding carboxylic acids is 1. The van der Waals surface area contributed by atoms with Gasteiger partial charge in [0.25, 0.3) is 5.91 Å². The van der Waals surface area contributed by atoms with Crippen LogP contribution in [-0.4, -0.2) is 45.3 Å². The van der Waals surface area contributed by atoms with E-state index >= 15 is 0 Å². The van der Waals surface area contributed by atoms with Crippen LogP contribution in [0.25, 0.3) is 11.3 Å². The Bertz CT molecular complexity index is 1310. The number of aromatic nitrogens is 4. The monoisotopic (exact) mass is 463 g/mol. The highest BCUT2D eigenvalue weighted by Gasteiger charge is 2.65. The summed E-state index contributed by atoms with van der Waals surface area (Å²) in [6, 6.07) is 5.50.